The molecule has 0 radical (unpaired) electrons. The maximum atomic E-state index is 8.99. The lowest BCUT2D eigenvalue weighted by atomic mass is 10.1. The molecule has 3 rings (SSSR count). The molecule has 7 nitrogen and oxygen atoms in total. The van der Waals surface area contributed by atoms with Gasteiger partial charge in [0.25, 0.3) is 0 Å². The highest BCUT2D eigenvalue weighted by Crippen LogP contribution is 2.24. The summed E-state index contributed by atoms with van der Waals surface area (Å²) in [5.74, 6) is 0.389. The van der Waals surface area contributed by atoms with Crippen LogP contribution in [0.25, 0.3) is 22.4 Å². The van der Waals surface area contributed by atoms with Crippen LogP contribution in [-0.2, 0) is 0 Å². The topological polar surface area (TPSA) is 111 Å². The molecular formula is C15H12N6O. The summed E-state index contributed by atoms with van der Waals surface area (Å²) in [6.07, 6.45) is 1.58. The van der Waals surface area contributed by atoms with Gasteiger partial charge in [0, 0.05) is 5.56 Å². The van der Waals surface area contributed by atoms with Gasteiger partial charge >= 0.3 is 0 Å². The van der Waals surface area contributed by atoms with Gasteiger partial charge in [0.05, 0.1) is 30.1 Å². The fraction of sp³-hybridized carbons (Fsp3) is 0.133. The van der Waals surface area contributed by atoms with E-state index in [0.717, 1.165) is 5.56 Å². The van der Waals surface area contributed by atoms with Crippen molar-refractivity contribution < 1.29 is 4.74 Å². The molecule has 0 aliphatic carbocycles. The Balaban J connectivity index is 2.18. The third kappa shape index (κ3) is 2.50. The molecule has 2 heterocycles. The van der Waals surface area contributed by atoms with Crippen molar-refractivity contribution in [1.82, 2.24) is 19.9 Å². The minimum atomic E-state index is 0.0875. The monoisotopic (exact) mass is 292 g/mol. The molecule has 2 N–H and O–H groups in total. The van der Waals surface area contributed by atoms with Crippen molar-refractivity contribution in [2.75, 3.05) is 12.3 Å². The molecule has 7 heteroatoms. The molecule has 0 bridgehead atoms. The Morgan fingerprint density at radius 2 is 2.14 bits per heavy atom. The number of hydrogen-bond donors (Lipinski definition) is 1. The molecule has 0 aliphatic rings. The van der Waals surface area contributed by atoms with Gasteiger partial charge in [0.1, 0.15) is 0 Å². The van der Waals surface area contributed by atoms with Gasteiger partial charge in [-0.25, -0.2) is 9.97 Å². The summed E-state index contributed by atoms with van der Waals surface area (Å²) in [5, 5.41) is 8.99. The average Bonchev–Trinajstić information content (AvgIpc) is 2.55. The Morgan fingerprint density at radius 3 is 2.91 bits per heavy atom. The lowest BCUT2D eigenvalue weighted by molar-refractivity contribution is 0.330. The van der Waals surface area contributed by atoms with Crippen molar-refractivity contribution in [3.8, 4) is 23.2 Å². The van der Waals surface area contributed by atoms with E-state index in [0.29, 0.717) is 34.9 Å². The van der Waals surface area contributed by atoms with E-state index in [2.05, 4.69) is 26.0 Å². The number of benzene rings is 1. The molecule has 3 aromatic rings. The summed E-state index contributed by atoms with van der Waals surface area (Å²) in [7, 11) is 0. The van der Waals surface area contributed by atoms with Crippen LogP contribution in [-0.4, -0.2) is 26.5 Å². The number of fused-ring (bicyclic) bond motifs is 1. The summed E-state index contributed by atoms with van der Waals surface area (Å²) in [5.41, 5.74) is 8.40. The Labute approximate surface area is 126 Å². The number of nitrogens with zero attached hydrogens (tertiary/aromatic N) is 5. The molecule has 0 atom stereocenters. The first-order valence-electron chi connectivity index (χ1n) is 6.65. The first-order chi connectivity index (χ1) is 10.7. The van der Waals surface area contributed by atoms with Crippen LogP contribution in [0, 0.1) is 11.3 Å². The second-order valence-corrected chi connectivity index (χ2v) is 4.44. The predicted molar refractivity (Wildman–Crippen MR) is 80.9 cm³/mol. The smallest absolute Gasteiger partial charge is 0.247 e. The Hall–Kier alpha value is -3.27. The molecule has 0 saturated heterocycles. The molecule has 0 amide bonds. The van der Waals surface area contributed by atoms with Crippen molar-refractivity contribution in [3.05, 3.63) is 36.0 Å². The van der Waals surface area contributed by atoms with Crippen molar-refractivity contribution in [3.63, 3.8) is 0 Å². The third-order valence-corrected chi connectivity index (χ3v) is 2.96. The molecule has 22 heavy (non-hydrogen) atoms. The van der Waals surface area contributed by atoms with Gasteiger partial charge in [-0.1, -0.05) is 12.1 Å². The highest BCUT2D eigenvalue weighted by molar-refractivity contribution is 5.79. The number of nitrogens with two attached hydrogens (primary N) is 1. The fourth-order valence-electron chi connectivity index (χ4n) is 2.02. The van der Waals surface area contributed by atoms with Gasteiger partial charge < -0.3 is 10.5 Å². The van der Waals surface area contributed by atoms with E-state index < -0.39 is 0 Å². The minimum absolute atomic E-state index is 0.0875. The number of nitrogen functional groups attached to an aromatic ring is 1. The van der Waals surface area contributed by atoms with Gasteiger partial charge in [0.2, 0.25) is 11.8 Å². The predicted octanol–water partition coefficient (Wildman–Crippen LogP) is 1.94. The van der Waals surface area contributed by atoms with Crippen molar-refractivity contribution in [1.29, 1.82) is 5.26 Å². The van der Waals surface area contributed by atoms with Crippen LogP contribution in [0.5, 0.6) is 5.88 Å². The van der Waals surface area contributed by atoms with Crippen molar-refractivity contribution in [2.45, 2.75) is 6.92 Å². The number of hydrogen-bond acceptors (Lipinski definition) is 7. The summed E-state index contributed by atoms with van der Waals surface area (Å²) in [6.45, 7) is 2.28. The Bertz CT molecular complexity index is 887. The summed E-state index contributed by atoms with van der Waals surface area (Å²) in [4.78, 5) is 16.9. The third-order valence-electron chi connectivity index (χ3n) is 2.96. The van der Waals surface area contributed by atoms with Gasteiger partial charge in [-0.3, -0.25) is 0 Å². The average molecular weight is 292 g/mol. The second kappa shape index (κ2) is 5.61. The van der Waals surface area contributed by atoms with E-state index in [9.17, 15) is 0 Å². The van der Waals surface area contributed by atoms with E-state index in [1.807, 2.05) is 13.0 Å². The zero-order valence-electron chi connectivity index (χ0n) is 11.8. The molecule has 0 aliphatic heterocycles. The SMILES string of the molecule is CCOc1nc(N)nc2ncc(-c3cccc(C#N)c3)nc12. The van der Waals surface area contributed by atoms with E-state index >= 15 is 0 Å². The summed E-state index contributed by atoms with van der Waals surface area (Å²) >= 11 is 0. The number of aromatic nitrogens is 4. The molecule has 1 aromatic carbocycles. The zero-order valence-corrected chi connectivity index (χ0v) is 11.8. The molecule has 0 saturated carbocycles. The fourth-order valence-corrected chi connectivity index (χ4v) is 2.02. The van der Waals surface area contributed by atoms with Crippen LogP contribution in [0.4, 0.5) is 5.95 Å². The first-order valence-corrected chi connectivity index (χ1v) is 6.65. The van der Waals surface area contributed by atoms with Gasteiger partial charge in [-0.2, -0.15) is 15.2 Å². The lowest BCUT2D eigenvalue weighted by Gasteiger charge is -2.07. The summed E-state index contributed by atoms with van der Waals surface area (Å²) < 4.78 is 5.45. The number of rotatable bonds is 3. The molecule has 108 valence electrons. The maximum absolute atomic E-state index is 8.99. The second-order valence-electron chi connectivity index (χ2n) is 4.44. The van der Waals surface area contributed by atoms with Crippen LogP contribution >= 0.6 is 0 Å². The highest BCUT2D eigenvalue weighted by Gasteiger charge is 2.12. The van der Waals surface area contributed by atoms with Crippen LogP contribution in [0.15, 0.2) is 30.5 Å². The number of ether oxygens (including phenoxy) is 1. The Morgan fingerprint density at radius 1 is 1.27 bits per heavy atom. The standard InChI is InChI=1S/C15H12N6O/c1-2-22-14-12-13(20-15(17)21-14)18-8-11(19-12)10-5-3-4-9(6-10)7-16/h3-6,8H,2H2,1H3,(H2,17,18,20,21). The molecule has 0 unspecified atom stereocenters. The normalized spacial score (nSPS) is 10.4. The summed E-state index contributed by atoms with van der Waals surface area (Å²) in [6, 6.07) is 9.22. The maximum Gasteiger partial charge on any atom is 0.247 e. The van der Waals surface area contributed by atoms with Crippen LogP contribution < -0.4 is 10.5 Å². The minimum Gasteiger partial charge on any atom is -0.476 e. The molecule has 0 spiro atoms. The lowest BCUT2D eigenvalue weighted by Crippen LogP contribution is -2.04. The quantitative estimate of drug-likeness (QED) is 0.785. The van der Waals surface area contributed by atoms with Crippen LogP contribution in [0.3, 0.4) is 0 Å². The van der Waals surface area contributed by atoms with E-state index in [1.165, 1.54) is 0 Å². The molecule has 0 fully saturated rings. The zero-order chi connectivity index (χ0) is 15.5. The van der Waals surface area contributed by atoms with Crippen molar-refractivity contribution in [2.24, 2.45) is 0 Å². The van der Waals surface area contributed by atoms with Gasteiger partial charge in [-0.15, -0.1) is 0 Å². The number of anilines is 1. The van der Waals surface area contributed by atoms with Crippen LogP contribution in [0.1, 0.15) is 12.5 Å². The Kier molecular flexibility index (Phi) is 3.50. The van der Waals surface area contributed by atoms with Crippen molar-refractivity contribution >= 4 is 17.1 Å². The first kappa shape index (κ1) is 13.7. The highest BCUT2D eigenvalue weighted by atomic mass is 16.5. The number of nitriles is 1. The largest absolute Gasteiger partial charge is 0.476 e. The van der Waals surface area contributed by atoms with E-state index in [-0.39, 0.29) is 5.95 Å². The van der Waals surface area contributed by atoms with Gasteiger partial charge in [0.15, 0.2) is 11.2 Å². The molecular weight excluding hydrogens is 280 g/mol. The van der Waals surface area contributed by atoms with Gasteiger partial charge in [-0.05, 0) is 19.1 Å². The molecule has 2 aromatic heterocycles. The van der Waals surface area contributed by atoms with E-state index in [1.54, 1.807) is 24.4 Å². The van der Waals surface area contributed by atoms with Crippen LogP contribution in [0.2, 0.25) is 0 Å². The van der Waals surface area contributed by atoms with E-state index in [4.69, 9.17) is 15.7 Å².